The summed E-state index contributed by atoms with van der Waals surface area (Å²) in [5.74, 6) is -0.245. The Kier molecular flexibility index (Phi) is 6.29. The van der Waals surface area contributed by atoms with Crippen molar-refractivity contribution < 1.29 is 9.59 Å². The smallest absolute Gasteiger partial charge is 0.225 e. The van der Waals surface area contributed by atoms with Gasteiger partial charge < -0.3 is 15.1 Å². The number of benzene rings is 1. The average molecular weight is 386 g/mol. The van der Waals surface area contributed by atoms with Crippen molar-refractivity contribution in [3.63, 3.8) is 0 Å². The van der Waals surface area contributed by atoms with Crippen LogP contribution in [0.25, 0.3) is 0 Å². The first-order valence-electron chi connectivity index (χ1n) is 9.25. The van der Waals surface area contributed by atoms with E-state index in [1.807, 2.05) is 56.7 Å². The van der Waals surface area contributed by atoms with Gasteiger partial charge in [-0.3, -0.25) is 9.59 Å². The minimum Gasteiger partial charge on any atom is -0.354 e. The predicted octanol–water partition coefficient (Wildman–Crippen LogP) is 2.82. The molecule has 0 radical (unpaired) electrons. The monoisotopic (exact) mass is 385 g/mol. The van der Waals surface area contributed by atoms with Gasteiger partial charge in [0.1, 0.15) is 0 Å². The number of likely N-dealkylation sites (N-methyl/N-ethyl adjacent to an activating group) is 1. The second-order valence-corrected chi connectivity index (χ2v) is 8.38. The van der Waals surface area contributed by atoms with E-state index in [4.69, 9.17) is 0 Å². The van der Waals surface area contributed by atoms with Crippen molar-refractivity contribution in [1.29, 1.82) is 0 Å². The molecule has 0 bridgehead atoms. The zero-order valence-corrected chi connectivity index (χ0v) is 17.0. The highest BCUT2D eigenvalue weighted by atomic mass is 32.1. The van der Waals surface area contributed by atoms with Crippen LogP contribution in [0.5, 0.6) is 0 Å². The van der Waals surface area contributed by atoms with E-state index in [9.17, 15) is 9.59 Å². The summed E-state index contributed by atoms with van der Waals surface area (Å²) in [5.41, 5.74) is 2.30. The van der Waals surface area contributed by atoms with Crippen molar-refractivity contribution in [2.75, 3.05) is 27.2 Å². The van der Waals surface area contributed by atoms with Crippen LogP contribution in [0.1, 0.15) is 28.5 Å². The van der Waals surface area contributed by atoms with Crippen LogP contribution in [0, 0.1) is 12.8 Å². The summed E-state index contributed by atoms with van der Waals surface area (Å²) in [6, 6.07) is 12.4. The first-order chi connectivity index (χ1) is 12.9. The number of likely N-dealkylation sites (tertiary alicyclic amines) is 1. The van der Waals surface area contributed by atoms with E-state index >= 15 is 0 Å². The van der Waals surface area contributed by atoms with Crippen LogP contribution in [-0.4, -0.2) is 48.8 Å². The van der Waals surface area contributed by atoms with E-state index in [0.717, 1.165) is 5.56 Å². The summed E-state index contributed by atoms with van der Waals surface area (Å²) in [6.07, 6.45) is 0.295. The fourth-order valence-corrected chi connectivity index (χ4v) is 4.30. The zero-order valence-electron chi connectivity index (χ0n) is 16.1. The van der Waals surface area contributed by atoms with Gasteiger partial charge in [0.05, 0.1) is 12.0 Å². The van der Waals surface area contributed by atoms with Gasteiger partial charge in [-0.1, -0.05) is 35.9 Å². The lowest BCUT2D eigenvalue weighted by Gasteiger charge is -2.24. The largest absolute Gasteiger partial charge is 0.354 e. The molecule has 0 spiro atoms. The second kappa shape index (κ2) is 8.67. The molecule has 0 saturated carbocycles. The van der Waals surface area contributed by atoms with Crippen LogP contribution in [-0.2, 0) is 16.1 Å². The molecular formula is C21H27N3O2S. The number of thiophene rings is 1. The molecular weight excluding hydrogens is 358 g/mol. The van der Waals surface area contributed by atoms with Gasteiger partial charge in [-0.25, -0.2) is 0 Å². The quantitative estimate of drug-likeness (QED) is 0.797. The van der Waals surface area contributed by atoms with Gasteiger partial charge in [0.25, 0.3) is 0 Å². The Morgan fingerprint density at radius 3 is 2.67 bits per heavy atom. The van der Waals surface area contributed by atoms with Gasteiger partial charge in [-0.05, 0) is 38.0 Å². The molecule has 2 heterocycles. The third-order valence-corrected chi connectivity index (χ3v) is 6.02. The average Bonchev–Trinajstić information content (AvgIpc) is 3.27. The fourth-order valence-electron chi connectivity index (χ4n) is 3.37. The molecule has 1 aromatic carbocycles. The highest BCUT2D eigenvalue weighted by Gasteiger charge is 2.34. The van der Waals surface area contributed by atoms with Crippen LogP contribution in [0.15, 0.2) is 41.8 Å². The van der Waals surface area contributed by atoms with E-state index in [-0.39, 0.29) is 23.8 Å². The Balaban J connectivity index is 1.54. The number of aryl methyl sites for hydroxylation is 1. The van der Waals surface area contributed by atoms with Crippen LogP contribution >= 0.6 is 11.3 Å². The molecule has 2 amide bonds. The van der Waals surface area contributed by atoms with Gasteiger partial charge in [-0.2, -0.15) is 0 Å². The molecule has 144 valence electrons. The van der Waals surface area contributed by atoms with Crippen LogP contribution in [0.2, 0.25) is 0 Å². The standard InChI is InChI=1S/C21H27N3O2S/c1-15-6-8-16(9-7-15)13-24-14-17(11-20(24)25)21(26)22-12-18(23(2)3)19-5-4-10-27-19/h4-10,17-18H,11-14H2,1-3H3,(H,22,26)/t17-,18+/m0/s1. The molecule has 0 aliphatic carbocycles. The molecule has 2 atom stereocenters. The van der Waals surface area contributed by atoms with Crippen molar-refractivity contribution in [2.24, 2.45) is 5.92 Å². The van der Waals surface area contributed by atoms with E-state index in [0.29, 0.717) is 26.1 Å². The molecule has 1 N–H and O–H groups in total. The number of rotatable bonds is 7. The number of amides is 2. The summed E-state index contributed by atoms with van der Waals surface area (Å²) in [4.78, 5) is 30.1. The number of nitrogens with one attached hydrogen (secondary N) is 1. The first kappa shape index (κ1) is 19.6. The number of hydrogen-bond donors (Lipinski definition) is 1. The van der Waals surface area contributed by atoms with Gasteiger partial charge in [0, 0.05) is 30.9 Å². The Bertz CT molecular complexity index is 771. The van der Waals surface area contributed by atoms with Crippen molar-refractivity contribution in [3.05, 3.63) is 57.8 Å². The molecule has 27 heavy (non-hydrogen) atoms. The first-order valence-corrected chi connectivity index (χ1v) is 10.1. The third kappa shape index (κ3) is 4.96. The lowest BCUT2D eigenvalue weighted by Crippen LogP contribution is -2.38. The number of hydrogen-bond acceptors (Lipinski definition) is 4. The molecule has 3 rings (SSSR count). The Labute approximate surface area is 165 Å². The summed E-state index contributed by atoms with van der Waals surface area (Å²) in [6.45, 7) is 3.65. The molecule has 1 fully saturated rings. The van der Waals surface area contributed by atoms with Gasteiger partial charge in [0.2, 0.25) is 11.8 Å². The Hall–Kier alpha value is -2.18. The van der Waals surface area contributed by atoms with Gasteiger partial charge in [0.15, 0.2) is 0 Å². The van der Waals surface area contributed by atoms with E-state index in [1.165, 1.54) is 10.4 Å². The summed E-state index contributed by atoms with van der Waals surface area (Å²) < 4.78 is 0. The number of carbonyl (C=O) groups excluding carboxylic acids is 2. The maximum Gasteiger partial charge on any atom is 0.225 e. The highest BCUT2D eigenvalue weighted by molar-refractivity contribution is 7.10. The molecule has 6 heteroatoms. The maximum absolute atomic E-state index is 12.6. The number of nitrogens with zero attached hydrogens (tertiary/aromatic N) is 2. The van der Waals surface area contributed by atoms with E-state index in [1.54, 1.807) is 16.2 Å². The normalized spacial score (nSPS) is 18.1. The van der Waals surface area contributed by atoms with Crippen molar-refractivity contribution in [1.82, 2.24) is 15.1 Å². The third-order valence-electron chi connectivity index (χ3n) is 5.04. The van der Waals surface area contributed by atoms with Crippen LogP contribution in [0.4, 0.5) is 0 Å². The maximum atomic E-state index is 12.6. The fraction of sp³-hybridized carbons (Fsp3) is 0.429. The van der Waals surface area contributed by atoms with Crippen molar-refractivity contribution in [2.45, 2.75) is 25.9 Å². The lowest BCUT2D eigenvalue weighted by molar-refractivity contribution is -0.129. The molecule has 0 unspecified atom stereocenters. The molecule has 1 aliphatic heterocycles. The second-order valence-electron chi connectivity index (χ2n) is 7.40. The Morgan fingerprint density at radius 1 is 1.30 bits per heavy atom. The molecule has 2 aromatic rings. The predicted molar refractivity (Wildman–Crippen MR) is 108 cm³/mol. The summed E-state index contributed by atoms with van der Waals surface area (Å²) in [7, 11) is 4.03. The van der Waals surface area contributed by atoms with Gasteiger partial charge >= 0.3 is 0 Å². The Morgan fingerprint density at radius 2 is 2.04 bits per heavy atom. The van der Waals surface area contributed by atoms with Crippen molar-refractivity contribution >= 4 is 23.2 Å². The zero-order chi connectivity index (χ0) is 19.4. The van der Waals surface area contributed by atoms with Crippen LogP contribution < -0.4 is 5.32 Å². The SMILES string of the molecule is Cc1ccc(CN2C[C@@H](C(=O)NC[C@H](c3cccs3)N(C)C)CC2=O)cc1. The minimum absolute atomic E-state index is 0.0295. The molecule has 1 aromatic heterocycles. The van der Waals surface area contributed by atoms with Crippen molar-refractivity contribution in [3.8, 4) is 0 Å². The minimum atomic E-state index is -0.269. The molecule has 1 aliphatic rings. The lowest BCUT2D eigenvalue weighted by atomic mass is 10.1. The molecule has 5 nitrogen and oxygen atoms in total. The van der Waals surface area contributed by atoms with Gasteiger partial charge in [-0.15, -0.1) is 11.3 Å². The summed E-state index contributed by atoms with van der Waals surface area (Å²) in [5, 5.41) is 5.10. The van der Waals surface area contributed by atoms with E-state index < -0.39 is 0 Å². The summed E-state index contributed by atoms with van der Waals surface area (Å²) >= 11 is 1.69. The molecule has 1 saturated heterocycles. The topological polar surface area (TPSA) is 52.7 Å². The van der Waals surface area contributed by atoms with E-state index in [2.05, 4.69) is 16.3 Å². The highest BCUT2D eigenvalue weighted by Crippen LogP contribution is 2.24. The van der Waals surface area contributed by atoms with Crippen LogP contribution in [0.3, 0.4) is 0 Å². The number of carbonyl (C=O) groups is 2.